The first kappa shape index (κ1) is 9.36. The van der Waals surface area contributed by atoms with Crippen molar-refractivity contribution in [3.8, 4) is 5.75 Å². The van der Waals surface area contributed by atoms with Gasteiger partial charge in [0.15, 0.2) is 5.75 Å². The molecule has 64 valence electrons. The molecule has 0 heterocycles. The Labute approximate surface area is 80.0 Å². The summed E-state index contributed by atoms with van der Waals surface area (Å²) in [5, 5.41) is 0.662. The van der Waals surface area contributed by atoms with Crippen LogP contribution in [0.5, 0.6) is 5.75 Å². The second-order valence-corrected chi connectivity index (χ2v) is 2.96. The molecule has 0 aliphatic carbocycles. The number of hydrogen-bond donors (Lipinski definition) is 0. The Bertz CT molecular complexity index is 290. The lowest BCUT2D eigenvalue weighted by molar-refractivity contribution is -0.131. The fourth-order valence-corrected chi connectivity index (χ4v) is 1.20. The van der Waals surface area contributed by atoms with E-state index in [-0.39, 0.29) is 5.75 Å². The zero-order chi connectivity index (χ0) is 9.14. The number of ether oxygens (including phenoxy) is 1. The van der Waals surface area contributed by atoms with Gasteiger partial charge in [-0.2, -0.15) is 0 Å². The zero-order valence-electron chi connectivity index (χ0n) is 6.30. The molecule has 0 saturated heterocycles. The fourth-order valence-electron chi connectivity index (χ4n) is 0.724. The quantitative estimate of drug-likeness (QED) is 0.520. The van der Waals surface area contributed by atoms with E-state index in [0.717, 1.165) is 0 Å². The third-order valence-corrected chi connectivity index (χ3v) is 1.76. The van der Waals surface area contributed by atoms with Crippen LogP contribution in [0.2, 0.25) is 10.0 Å². The molecule has 0 aromatic heterocycles. The number of hydrogen-bond acceptors (Lipinski definition) is 2. The maximum absolute atomic E-state index is 10.6. The number of carbonyl (C=O) groups excluding carboxylic acids is 1. The normalized spacial score (nSPS) is 9.58. The van der Waals surface area contributed by atoms with Crippen molar-refractivity contribution >= 4 is 29.2 Å². The molecule has 0 amide bonds. The van der Waals surface area contributed by atoms with Gasteiger partial charge in [0.05, 0.1) is 10.0 Å². The van der Waals surface area contributed by atoms with Gasteiger partial charge in [-0.25, -0.2) is 0 Å². The molecule has 0 aliphatic heterocycles. The Morgan fingerprint density at radius 1 is 1.33 bits per heavy atom. The number of rotatable bonds is 1. The summed E-state index contributed by atoms with van der Waals surface area (Å²) in [7, 11) is 0. The highest BCUT2D eigenvalue weighted by molar-refractivity contribution is 6.37. The summed E-state index contributed by atoms with van der Waals surface area (Å²) in [6.45, 7) is 1.29. The largest absolute Gasteiger partial charge is 0.424 e. The van der Waals surface area contributed by atoms with Gasteiger partial charge in [-0.15, -0.1) is 0 Å². The summed E-state index contributed by atoms with van der Waals surface area (Å²) >= 11 is 11.4. The lowest BCUT2D eigenvalue weighted by Crippen LogP contribution is -2.02. The van der Waals surface area contributed by atoms with E-state index in [9.17, 15) is 4.79 Å². The molecule has 0 saturated carbocycles. The van der Waals surface area contributed by atoms with Crippen LogP contribution in [0.25, 0.3) is 0 Å². The van der Waals surface area contributed by atoms with E-state index in [1.807, 2.05) is 0 Å². The van der Waals surface area contributed by atoms with Crippen molar-refractivity contribution in [1.82, 2.24) is 0 Å². The molecular weight excluding hydrogens is 199 g/mol. The molecule has 0 N–H and O–H groups in total. The minimum atomic E-state index is -0.440. The average molecular weight is 205 g/mol. The fraction of sp³-hybridized carbons (Fsp3) is 0.125. The average Bonchev–Trinajstić information content (AvgIpc) is 1.97. The second kappa shape index (κ2) is 3.78. The minimum absolute atomic E-state index is 0.216. The predicted octanol–water partition coefficient (Wildman–Crippen LogP) is 2.92. The van der Waals surface area contributed by atoms with Crippen LogP contribution in [0.15, 0.2) is 18.2 Å². The molecule has 0 atom stereocenters. The van der Waals surface area contributed by atoms with E-state index >= 15 is 0 Å². The second-order valence-electron chi connectivity index (χ2n) is 2.14. The standard InChI is InChI=1S/C8H6Cl2O2/c1-5(11)12-8-6(9)3-2-4-7(8)10/h2-4H,1H3. The van der Waals surface area contributed by atoms with Gasteiger partial charge < -0.3 is 4.74 Å². The van der Waals surface area contributed by atoms with Crippen LogP contribution < -0.4 is 4.74 Å². The molecule has 0 unspecified atom stereocenters. The van der Waals surface area contributed by atoms with Gasteiger partial charge in [-0.3, -0.25) is 4.79 Å². The maximum Gasteiger partial charge on any atom is 0.308 e. The SMILES string of the molecule is CC(=O)Oc1c(Cl)cccc1Cl. The van der Waals surface area contributed by atoms with Crippen molar-refractivity contribution in [1.29, 1.82) is 0 Å². The summed E-state index contributed by atoms with van der Waals surface area (Å²) < 4.78 is 4.77. The van der Waals surface area contributed by atoms with Gasteiger partial charge >= 0.3 is 5.97 Å². The Kier molecular flexibility index (Phi) is 2.95. The Morgan fingerprint density at radius 2 is 1.83 bits per heavy atom. The van der Waals surface area contributed by atoms with E-state index < -0.39 is 5.97 Å². The number of esters is 1. The minimum Gasteiger partial charge on any atom is -0.424 e. The van der Waals surface area contributed by atoms with Crippen molar-refractivity contribution in [3.63, 3.8) is 0 Å². The first-order valence-corrected chi connectivity index (χ1v) is 3.99. The summed E-state index contributed by atoms with van der Waals surface area (Å²) in [6.07, 6.45) is 0. The van der Waals surface area contributed by atoms with Gasteiger partial charge in [0.25, 0.3) is 0 Å². The monoisotopic (exact) mass is 204 g/mol. The molecule has 0 radical (unpaired) electrons. The van der Waals surface area contributed by atoms with Crippen molar-refractivity contribution < 1.29 is 9.53 Å². The van der Waals surface area contributed by atoms with Crippen LogP contribution in [-0.4, -0.2) is 5.97 Å². The third kappa shape index (κ3) is 2.13. The van der Waals surface area contributed by atoms with Gasteiger partial charge in [0, 0.05) is 6.92 Å². The lowest BCUT2D eigenvalue weighted by Gasteiger charge is -2.04. The molecule has 2 nitrogen and oxygen atoms in total. The van der Waals surface area contributed by atoms with Crippen LogP contribution in [0.3, 0.4) is 0 Å². The summed E-state index contributed by atoms with van der Waals surface area (Å²) in [4.78, 5) is 10.6. The lowest BCUT2D eigenvalue weighted by atomic mass is 10.3. The first-order chi connectivity index (χ1) is 5.61. The Hall–Kier alpha value is -0.730. The first-order valence-electron chi connectivity index (χ1n) is 3.23. The van der Waals surface area contributed by atoms with Crippen molar-refractivity contribution in [2.45, 2.75) is 6.92 Å². The molecular formula is C8H6Cl2O2. The smallest absolute Gasteiger partial charge is 0.308 e. The topological polar surface area (TPSA) is 26.3 Å². The van der Waals surface area contributed by atoms with Crippen LogP contribution in [-0.2, 0) is 4.79 Å². The van der Waals surface area contributed by atoms with Crippen LogP contribution in [0.1, 0.15) is 6.92 Å². The molecule has 0 fully saturated rings. The molecule has 12 heavy (non-hydrogen) atoms. The number of para-hydroxylation sites is 1. The van der Waals surface area contributed by atoms with E-state index in [2.05, 4.69) is 0 Å². The van der Waals surface area contributed by atoms with Crippen molar-refractivity contribution in [2.75, 3.05) is 0 Å². The highest BCUT2D eigenvalue weighted by Gasteiger charge is 2.07. The van der Waals surface area contributed by atoms with Gasteiger partial charge in [-0.1, -0.05) is 29.3 Å². The maximum atomic E-state index is 10.6. The summed E-state index contributed by atoms with van der Waals surface area (Å²) in [5.74, 6) is -0.224. The molecule has 1 rings (SSSR count). The van der Waals surface area contributed by atoms with Crippen molar-refractivity contribution in [2.24, 2.45) is 0 Å². The van der Waals surface area contributed by atoms with Gasteiger partial charge in [0.1, 0.15) is 0 Å². The van der Waals surface area contributed by atoms with Crippen LogP contribution >= 0.6 is 23.2 Å². The van der Waals surface area contributed by atoms with Gasteiger partial charge in [-0.05, 0) is 12.1 Å². The number of benzene rings is 1. The summed E-state index contributed by atoms with van der Waals surface area (Å²) in [5.41, 5.74) is 0. The van der Waals surface area contributed by atoms with Crippen molar-refractivity contribution in [3.05, 3.63) is 28.2 Å². The Balaban J connectivity index is 3.04. The molecule has 1 aromatic rings. The summed E-state index contributed by atoms with van der Waals surface area (Å²) in [6, 6.07) is 4.88. The highest BCUT2D eigenvalue weighted by Crippen LogP contribution is 2.32. The molecule has 0 bridgehead atoms. The molecule has 0 aliphatic rings. The Morgan fingerprint density at radius 3 is 2.25 bits per heavy atom. The third-order valence-electron chi connectivity index (χ3n) is 1.16. The molecule has 0 spiro atoms. The van der Waals surface area contributed by atoms with E-state index in [4.69, 9.17) is 27.9 Å². The van der Waals surface area contributed by atoms with E-state index in [1.165, 1.54) is 6.92 Å². The zero-order valence-corrected chi connectivity index (χ0v) is 7.82. The van der Waals surface area contributed by atoms with E-state index in [0.29, 0.717) is 10.0 Å². The van der Waals surface area contributed by atoms with Gasteiger partial charge in [0.2, 0.25) is 0 Å². The number of carbonyl (C=O) groups is 1. The number of halogens is 2. The van der Waals surface area contributed by atoms with Crippen LogP contribution in [0, 0.1) is 0 Å². The predicted molar refractivity (Wildman–Crippen MR) is 47.8 cm³/mol. The molecule has 1 aromatic carbocycles. The van der Waals surface area contributed by atoms with E-state index in [1.54, 1.807) is 18.2 Å². The van der Waals surface area contributed by atoms with Crippen LogP contribution in [0.4, 0.5) is 0 Å². The highest BCUT2D eigenvalue weighted by atomic mass is 35.5. The molecule has 4 heteroatoms.